The maximum atomic E-state index is 8.86. The molecule has 1 aliphatic rings. The number of nitriles is 1. The summed E-state index contributed by atoms with van der Waals surface area (Å²) in [7, 11) is 0. The molecule has 0 N–H and O–H groups in total. The normalized spacial score (nSPS) is 13.0. The van der Waals surface area contributed by atoms with Crippen molar-refractivity contribution in [3.8, 4) is 6.07 Å². The van der Waals surface area contributed by atoms with E-state index in [2.05, 4.69) is 71.7 Å². The maximum absolute atomic E-state index is 8.86. The van der Waals surface area contributed by atoms with Gasteiger partial charge in [0.2, 0.25) is 0 Å². The molecule has 120 valence electrons. The monoisotopic (exact) mass is 322 g/mol. The van der Waals surface area contributed by atoms with Gasteiger partial charge in [-0.15, -0.1) is 0 Å². The minimum atomic E-state index is 0.690. The molecule has 0 aliphatic carbocycles. The predicted molar refractivity (Wildman–Crippen MR) is 104 cm³/mol. The number of hydrogen-bond donors (Lipinski definition) is 0. The van der Waals surface area contributed by atoms with E-state index < -0.39 is 0 Å². The molecule has 0 fully saturated rings. The number of rotatable bonds is 3. The van der Waals surface area contributed by atoms with Crippen LogP contribution in [0.2, 0.25) is 0 Å². The second-order valence-electron chi connectivity index (χ2n) is 6.19. The molecular formula is C23H18N2. The van der Waals surface area contributed by atoms with Gasteiger partial charge in [-0.05, 0) is 59.5 Å². The molecule has 0 unspecified atom stereocenters. The highest BCUT2D eigenvalue weighted by Crippen LogP contribution is 2.35. The Morgan fingerprint density at radius 2 is 1.56 bits per heavy atom. The minimum absolute atomic E-state index is 0.690. The molecule has 2 nitrogen and oxygen atoms in total. The van der Waals surface area contributed by atoms with Crippen molar-refractivity contribution in [1.82, 2.24) is 0 Å². The summed E-state index contributed by atoms with van der Waals surface area (Å²) in [5.41, 5.74) is 6.95. The molecule has 1 aliphatic heterocycles. The topological polar surface area (TPSA) is 27.0 Å². The summed E-state index contributed by atoms with van der Waals surface area (Å²) in [6.07, 6.45) is 5.29. The van der Waals surface area contributed by atoms with Crippen LogP contribution in [0.3, 0.4) is 0 Å². The summed E-state index contributed by atoms with van der Waals surface area (Å²) in [4.78, 5) is 2.38. The Labute approximate surface area is 148 Å². The van der Waals surface area contributed by atoms with E-state index in [1.807, 2.05) is 24.3 Å². The first kappa shape index (κ1) is 15.2. The Bertz CT molecular complexity index is 948. The van der Waals surface area contributed by atoms with Crippen molar-refractivity contribution in [1.29, 1.82) is 5.26 Å². The molecule has 0 saturated heterocycles. The Morgan fingerprint density at radius 1 is 0.840 bits per heavy atom. The summed E-state index contributed by atoms with van der Waals surface area (Å²) < 4.78 is 0. The Morgan fingerprint density at radius 3 is 2.32 bits per heavy atom. The van der Waals surface area contributed by atoms with Gasteiger partial charge in [0.25, 0.3) is 0 Å². The Kier molecular flexibility index (Phi) is 4.06. The molecule has 0 atom stereocenters. The van der Waals surface area contributed by atoms with Crippen LogP contribution in [-0.4, -0.2) is 6.54 Å². The largest absolute Gasteiger partial charge is 0.341 e. The van der Waals surface area contributed by atoms with E-state index in [0.717, 1.165) is 18.5 Å². The first-order valence-corrected chi connectivity index (χ1v) is 8.47. The molecular weight excluding hydrogens is 304 g/mol. The van der Waals surface area contributed by atoms with Gasteiger partial charge >= 0.3 is 0 Å². The van der Waals surface area contributed by atoms with Crippen molar-refractivity contribution >= 4 is 23.5 Å². The van der Waals surface area contributed by atoms with Crippen LogP contribution in [0.1, 0.15) is 22.3 Å². The van der Waals surface area contributed by atoms with E-state index in [-0.39, 0.29) is 0 Å². The third-order valence-corrected chi connectivity index (χ3v) is 4.57. The fraction of sp³-hybridized carbons (Fsp3) is 0.0870. The second kappa shape index (κ2) is 6.67. The predicted octanol–water partition coefficient (Wildman–Crippen LogP) is 5.42. The van der Waals surface area contributed by atoms with Crippen LogP contribution in [-0.2, 0) is 6.42 Å². The molecule has 4 rings (SSSR count). The summed E-state index contributed by atoms with van der Waals surface area (Å²) in [5.74, 6) is 0. The standard InChI is InChI=1S/C23H18N2/c24-17-20-10-7-18(8-11-20)6-9-19-12-13-23-21(16-19)14-15-25(23)22-4-2-1-3-5-22/h1-13,16H,14-15H2/b9-6+. The van der Waals surface area contributed by atoms with Gasteiger partial charge in [-0.3, -0.25) is 0 Å². The first-order valence-electron chi connectivity index (χ1n) is 8.47. The number of anilines is 2. The third-order valence-electron chi connectivity index (χ3n) is 4.57. The molecule has 1 heterocycles. The number of benzene rings is 3. The molecule has 2 heteroatoms. The molecule has 0 radical (unpaired) electrons. The van der Waals surface area contributed by atoms with Gasteiger partial charge in [0.15, 0.2) is 0 Å². The van der Waals surface area contributed by atoms with Gasteiger partial charge < -0.3 is 4.90 Å². The minimum Gasteiger partial charge on any atom is -0.341 e. The Balaban J connectivity index is 1.56. The van der Waals surface area contributed by atoms with Crippen LogP contribution in [0, 0.1) is 11.3 Å². The lowest BCUT2D eigenvalue weighted by Gasteiger charge is -2.19. The van der Waals surface area contributed by atoms with Crippen LogP contribution in [0.5, 0.6) is 0 Å². The lowest BCUT2D eigenvalue weighted by atomic mass is 10.1. The van der Waals surface area contributed by atoms with Gasteiger partial charge in [-0.2, -0.15) is 5.26 Å². The smallest absolute Gasteiger partial charge is 0.0991 e. The molecule has 3 aromatic carbocycles. The van der Waals surface area contributed by atoms with Gasteiger partial charge in [0, 0.05) is 17.9 Å². The molecule has 0 amide bonds. The number of fused-ring (bicyclic) bond motifs is 1. The second-order valence-corrected chi connectivity index (χ2v) is 6.19. The maximum Gasteiger partial charge on any atom is 0.0991 e. The molecule has 0 bridgehead atoms. The van der Waals surface area contributed by atoms with Crippen molar-refractivity contribution in [2.45, 2.75) is 6.42 Å². The van der Waals surface area contributed by atoms with Crippen molar-refractivity contribution < 1.29 is 0 Å². The highest BCUT2D eigenvalue weighted by molar-refractivity contribution is 5.75. The Hall–Kier alpha value is -3.31. The number of nitrogens with zero attached hydrogens (tertiary/aromatic N) is 2. The van der Waals surface area contributed by atoms with E-state index in [4.69, 9.17) is 5.26 Å². The summed E-state index contributed by atoms with van der Waals surface area (Å²) in [6, 6.07) is 27.0. The molecule has 0 spiro atoms. The highest BCUT2D eigenvalue weighted by atomic mass is 15.2. The van der Waals surface area contributed by atoms with Crippen molar-refractivity contribution in [3.63, 3.8) is 0 Å². The van der Waals surface area contributed by atoms with Crippen LogP contribution in [0.15, 0.2) is 72.8 Å². The van der Waals surface area contributed by atoms with Crippen LogP contribution in [0.4, 0.5) is 11.4 Å². The van der Waals surface area contributed by atoms with Gasteiger partial charge in [0.05, 0.1) is 11.6 Å². The van der Waals surface area contributed by atoms with Gasteiger partial charge in [-0.1, -0.05) is 48.6 Å². The van der Waals surface area contributed by atoms with Crippen LogP contribution in [0.25, 0.3) is 12.2 Å². The van der Waals surface area contributed by atoms with Crippen molar-refractivity contribution in [3.05, 3.63) is 95.1 Å². The molecule has 0 aromatic heterocycles. The van der Waals surface area contributed by atoms with Gasteiger partial charge in [-0.25, -0.2) is 0 Å². The lowest BCUT2D eigenvalue weighted by Crippen LogP contribution is -2.12. The third kappa shape index (κ3) is 3.18. The fourth-order valence-corrected chi connectivity index (χ4v) is 3.26. The van der Waals surface area contributed by atoms with E-state index in [1.54, 1.807) is 0 Å². The average molecular weight is 322 g/mol. The quantitative estimate of drug-likeness (QED) is 0.602. The van der Waals surface area contributed by atoms with Gasteiger partial charge in [0.1, 0.15) is 0 Å². The number of hydrogen-bond acceptors (Lipinski definition) is 2. The zero-order chi connectivity index (χ0) is 17.1. The molecule has 3 aromatic rings. The zero-order valence-corrected chi connectivity index (χ0v) is 13.9. The first-order chi connectivity index (χ1) is 12.3. The summed E-state index contributed by atoms with van der Waals surface area (Å²) in [5, 5.41) is 8.86. The average Bonchev–Trinajstić information content (AvgIpc) is 3.10. The SMILES string of the molecule is N#Cc1ccc(/C=C/c2ccc3c(c2)CCN3c2ccccc2)cc1. The number of para-hydroxylation sites is 1. The van der Waals surface area contributed by atoms with E-state index in [0.29, 0.717) is 5.56 Å². The zero-order valence-electron chi connectivity index (χ0n) is 13.9. The van der Waals surface area contributed by atoms with Crippen LogP contribution < -0.4 is 4.90 Å². The van der Waals surface area contributed by atoms with E-state index in [9.17, 15) is 0 Å². The summed E-state index contributed by atoms with van der Waals surface area (Å²) >= 11 is 0. The van der Waals surface area contributed by atoms with Crippen molar-refractivity contribution in [2.24, 2.45) is 0 Å². The van der Waals surface area contributed by atoms with E-state index in [1.165, 1.54) is 22.5 Å². The molecule has 0 saturated carbocycles. The molecule has 25 heavy (non-hydrogen) atoms. The van der Waals surface area contributed by atoms with E-state index >= 15 is 0 Å². The van der Waals surface area contributed by atoms with Crippen LogP contribution >= 0.6 is 0 Å². The fourth-order valence-electron chi connectivity index (χ4n) is 3.26. The summed E-state index contributed by atoms with van der Waals surface area (Å²) in [6.45, 7) is 1.03. The van der Waals surface area contributed by atoms with Crippen molar-refractivity contribution in [2.75, 3.05) is 11.4 Å². The lowest BCUT2D eigenvalue weighted by molar-refractivity contribution is 0.998. The highest BCUT2D eigenvalue weighted by Gasteiger charge is 2.19.